The Bertz CT molecular complexity index is 2170. The number of Topliss-reactive ketones (excluding diaryl/α,β-unsaturated/α-hetero) is 1. The molecule has 64 heavy (non-hydrogen) atoms. The molecule has 3 aromatic rings. The topological polar surface area (TPSA) is 207 Å². The minimum Gasteiger partial charge on any atom is -0.508 e. The number of ether oxygens (including phenoxy) is 1. The van der Waals surface area contributed by atoms with Crippen LogP contribution in [0.2, 0.25) is 0 Å². The number of nitrogens with zero attached hydrogens (tertiary/aromatic N) is 3. The Kier molecular flexibility index (Phi) is 14.7. The minimum absolute atomic E-state index is 0.0291. The van der Waals surface area contributed by atoms with Gasteiger partial charge in [0.2, 0.25) is 5.52 Å². The van der Waals surface area contributed by atoms with E-state index in [-0.39, 0.29) is 53.3 Å². The lowest BCUT2D eigenvalue weighted by Crippen LogP contribution is -2.51. The smallest absolute Gasteiger partial charge is 0.408 e. The predicted octanol–water partition coefficient (Wildman–Crippen LogP) is 10.8. The van der Waals surface area contributed by atoms with Crippen LogP contribution < -0.4 is 10.6 Å². The summed E-state index contributed by atoms with van der Waals surface area (Å²) >= 11 is 0. The number of carboxylic acid groups (broad SMARTS) is 1. The Morgan fingerprint density at radius 3 is 2.44 bits per heavy atom. The first kappa shape index (κ1) is 47.0. The maximum atomic E-state index is 13.9. The number of aliphatic carboxylic acids is 1. The van der Waals surface area contributed by atoms with Crippen molar-refractivity contribution in [1.29, 1.82) is 0 Å². The molecule has 0 saturated heterocycles. The average molecular weight is 884 g/mol. The Hall–Kier alpha value is -5.01. The van der Waals surface area contributed by atoms with Gasteiger partial charge in [-0.2, -0.15) is 0 Å². The summed E-state index contributed by atoms with van der Waals surface area (Å²) in [5, 5.41) is 44.8. The van der Waals surface area contributed by atoms with Crippen molar-refractivity contribution >= 4 is 40.3 Å². The first-order chi connectivity index (χ1) is 30.6. The second-order valence-corrected chi connectivity index (χ2v) is 20.6. The second kappa shape index (κ2) is 20.0. The van der Waals surface area contributed by atoms with Gasteiger partial charge in [0.1, 0.15) is 11.9 Å². The number of nitro groups is 1. The predicted molar refractivity (Wildman–Crippen MR) is 244 cm³/mol. The van der Waals surface area contributed by atoms with Crippen LogP contribution >= 0.6 is 0 Å². The number of phenolic OH excluding ortho intramolecular Hbond substituents is 1. The number of fused-ring (bicyclic) bond motifs is 6. The van der Waals surface area contributed by atoms with Gasteiger partial charge in [-0.1, -0.05) is 84.1 Å². The fraction of sp³-hybridized carbons (Fsp3) is 0.660. The van der Waals surface area contributed by atoms with E-state index in [0.29, 0.717) is 54.3 Å². The molecule has 3 fully saturated rings. The number of alkyl carbamates (subject to hydrolysis) is 1. The highest BCUT2D eigenvalue weighted by atomic mass is 16.6. The van der Waals surface area contributed by atoms with Crippen LogP contribution in [0.4, 0.5) is 16.2 Å². The number of amides is 1. The van der Waals surface area contributed by atoms with Crippen LogP contribution in [0.3, 0.4) is 0 Å². The molecule has 3 unspecified atom stereocenters. The van der Waals surface area contributed by atoms with Crippen LogP contribution in [0.15, 0.2) is 52.7 Å². The molecule has 0 radical (unpaired) electrons. The number of carbonyl (C=O) groups is 3. The van der Waals surface area contributed by atoms with Crippen LogP contribution in [-0.2, 0) is 20.7 Å². The van der Waals surface area contributed by atoms with Crippen LogP contribution in [0.25, 0.3) is 11.0 Å². The first-order valence-electron chi connectivity index (χ1n) is 23.9. The molecule has 1 heterocycles. The van der Waals surface area contributed by atoms with Gasteiger partial charge in [0, 0.05) is 25.5 Å². The van der Waals surface area contributed by atoms with E-state index < -0.39 is 34.7 Å². The number of carboxylic acids is 1. The van der Waals surface area contributed by atoms with Gasteiger partial charge in [0.05, 0.1) is 22.6 Å². The highest BCUT2D eigenvalue weighted by Crippen LogP contribution is 2.67. The van der Waals surface area contributed by atoms with E-state index in [1.165, 1.54) is 74.8 Å². The maximum absolute atomic E-state index is 13.9. The minimum atomic E-state index is -1.10. The van der Waals surface area contributed by atoms with Crippen molar-refractivity contribution in [2.75, 3.05) is 11.9 Å². The Balaban J connectivity index is 0.937. The summed E-state index contributed by atoms with van der Waals surface area (Å²) in [7, 11) is 0. The maximum Gasteiger partial charge on any atom is 0.408 e. The van der Waals surface area contributed by atoms with E-state index in [2.05, 4.69) is 61.6 Å². The van der Waals surface area contributed by atoms with E-state index >= 15 is 0 Å². The lowest BCUT2D eigenvalue weighted by atomic mass is 9.47. The molecule has 10 atom stereocenters. The Labute approximate surface area is 376 Å². The van der Waals surface area contributed by atoms with Gasteiger partial charge in [-0.15, -0.1) is 0 Å². The van der Waals surface area contributed by atoms with Crippen LogP contribution in [0.5, 0.6) is 5.75 Å². The number of rotatable bonds is 20. The molecule has 0 spiro atoms. The van der Waals surface area contributed by atoms with Gasteiger partial charge >= 0.3 is 17.7 Å². The van der Waals surface area contributed by atoms with Crippen molar-refractivity contribution in [1.82, 2.24) is 15.6 Å². The number of hydrogen-bond acceptors (Lipinski definition) is 11. The highest BCUT2D eigenvalue weighted by Gasteiger charge is 2.59. The average Bonchev–Trinajstić information content (AvgIpc) is 3.89. The Morgan fingerprint density at radius 2 is 1.70 bits per heavy atom. The van der Waals surface area contributed by atoms with E-state index in [9.17, 15) is 34.7 Å². The molecule has 348 valence electrons. The molecule has 14 nitrogen and oxygen atoms in total. The number of carbonyl (C=O) groups excluding carboxylic acids is 2. The number of benzene rings is 2. The van der Waals surface area contributed by atoms with Crippen LogP contribution in [0, 0.1) is 62.4 Å². The summed E-state index contributed by atoms with van der Waals surface area (Å²) in [5.74, 6) is 2.01. The number of aromatic hydroxyl groups is 1. The molecule has 14 heteroatoms. The number of unbranched alkanes of at least 4 members (excludes halogenated alkanes) is 1. The molecule has 4 N–H and O–H groups in total. The molecule has 1 aromatic heterocycles. The van der Waals surface area contributed by atoms with E-state index in [4.69, 9.17) is 9.37 Å². The largest absolute Gasteiger partial charge is 0.508 e. The molecule has 7 rings (SSSR count). The molecular formula is C50H69N5O9. The number of nitrogens with one attached hydrogen (secondary N) is 2. The monoisotopic (exact) mass is 884 g/mol. The quantitative estimate of drug-likeness (QED) is 0.0362. The molecular weight excluding hydrogens is 815 g/mol. The summed E-state index contributed by atoms with van der Waals surface area (Å²) in [6.07, 6.45) is 15.3. The van der Waals surface area contributed by atoms with Crippen molar-refractivity contribution in [3.63, 3.8) is 0 Å². The summed E-state index contributed by atoms with van der Waals surface area (Å²) < 4.78 is 10.8. The van der Waals surface area contributed by atoms with Crippen molar-refractivity contribution < 1.29 is 38.9 Å². The lowest BCUT2D eigenvalue weighted by molar-refractivity contribution is -0.383. The van der Waals surface area contributed by atoms with Gasteiger partial charge in [-0.05, 0) is 145 Å². The number of allylic oxidation sites excluding steroid dienone is 1. The van der Waals surface area contributed by atoms with E-state index in [1.54, 1.807) is 12.1 Å². The number of phenols is 1. The number of anilines is 1. The van der Waals surface area contributed by atoms with Gasteiger partial charge in [0.25, 0.3) is 0 Å². The lowest BCUT2D eigenvalue weighted by Gasteiger charge is -2.58. The number of hydrogen-bond donors (Lipinski definition) is 4. The van der Waals surface area contributed by atoms with E-state index in [0.717, 1.165) is 42.9 Å². The van der Waals surface area contributed by atoms with Gasteiger partial charge < -0.3 is 25.6 Å². The third-order valence-electron chi connectivity index (χ3n) is 16.3. The van der Waals surface area contributed by atoms with Gasteiger partial charge in [-0.3, -0.25) is 19.7 Å². The fourth-order valence-electron chi connectivity index (χ4n) is 12.8. The third kappa shape index (κ3) is 10.3. The summed E-state index contributed by atoms with van der Waals surface area (Å²) in [6.45, 7) is 12.7. The zero-order chi connectivity index (χ0) is 45.8. The highest BCUT2D eigenvalue weighted by molar-refractivity contribution is 5.93. The molecule has 3 saturated carbocycles. The molecule has 0 aliphatic heterocycles. The van der Waals surface area contributed by atoms with Crippen molar-refractivity contribution in [3.05, 3.63) is 63.7 Å². The zero-order valence-corrected chi connectivity index (χ0v) is 38.4. The molecule has 1 amide bonds. The van der Waals surface area contributed by atoms with Crippen LogP contribution in [-0.4, -0.2) is 62.0 Å². The fourth-order valence-corrected chi connectivity index (χ4v) is 12.8. The van der Waals surface area contributed by atoms with E-state index in [1.807, 2.05) is 0 Å². The summed E-state index contributed by atoms with van der Waals surface area (Å²) in [5.41, 5.74) is 3.14. The van der Waals surface area contributed by atoms with Crippen molar-refractivity contribution in [2.45, 2.75) is 149 Å². The number of non-ortho nitro benzene ring substituents is 1. The SMILES string of the molecule is CC(C)CCC[C@@H](C)C1CC[C@H]2[C@@H]3CC=C4CC(OC(=O)NC(Cc5ccc(O)cc5)C(=O)C[C@@H](CCCCNc5ccc([N+](=O)[O-])c6nonc56)C(=O)O)CC[C@]4(C)[C@H]3CC[C@]12C. The zero-order valence-electron chi connectivity index (χ0n) is 38.4. The second-order valence-electron chi connectivity index (χ2n) is 20.6. The normalized spacial score (nSPS) is 27.7. The molecule has 0 bridgehead atoms. The summed E-state index contributed by atoms with van der Waals surface area (Å²) in [4.78, 5) is 50.8. The summed E-state index contributed by atoms with van der Waals surface area (Å²) in [6, 6.07) is 8.19. The van der Waals surface area contributed by atoms with Crippen molar-refractivity contribution in [3.8, 4) is 5.75 Å². The standard InChI is InChI=1S/C50H69N5O9/c1-30(2)9-8-10-31(3)38-18-19-39-37-17-14-34-29-36(22-24-49(34,4)40(37)23-25-50(38,39)5)63-48(60)52-42(27-32-12-15-35(56)16-13-32)44(57)28-33(47(58)59)11-6-7-26-51-41-20-21-43(55(61)62)46-45(41)53-64-54-46/h12-16,20-21,30-31,33,36-40,42,51,56H,6-11,17-19,22-29H2,1-5H3,(H,52,60)(H,58,59)/t31-,33-,36?,37+,38?,39+,40+,42?,49+,50-/m1/s1. The van der Waals surface area contributed by atoms with Crippen molar-refractivity contribution in [2.24, 2.45) is 52.3 Å². The number of ketones is 1. The van der Waals surface area contributed by atoms with Gasteiger partial charge in [0.15, 0.2) is 11.3 Å². The molecule has 2 aromatic carbocycles. The first-order valence-corrected chi connectivity index (χ1v) is 23.9. The van der Waals surface area contributed by atoms with Gasteiger partial charge in [-0.25, -0.2) is 9.42 Å². The third-order valence-corrected chi connectivity index (χ3v) is 16.3. The Morgan fingerprint density at radius 1 is 0.938 bits per heavy atom. The number of aromatic nitrogens is 2. The van der Waals surface area contributed by atoms with Crippen LogP contribution in [0.1, 0.15) is 136 Å². The molecule has 4 aliphatic rings. The number of nitro benzene ring substituents is 1. The molecule has 4 aliphatic carbocycles.